The van der Waals surface area contributed by atoms with Gasteiger partial charge >= 0.3 is 0 Å². The molecule has 0 radical (unpaired) electrons. The topological polar surface area (TPSA) is 51.0 Å². The first-order valence-electron chi connectivity index (χ1n) is 10.2. The summed E-state index contributed by atoms with van der Waals surface area (Å²) in [4.78, 5) is 18.1. The van der Waals surface area contributed by atoms with Gasteiger partial charge in [0.1, 0.15) is 0 Å². The van der Waals surface area contributed by atoms with Crippen LogP contribution in [-0.2, 0) is 20.1 Å². The third-order valence-corrected chi connectivity index (χ3v) is 5.20. The normalized spacial score (nSPS) is 16.2. The molecule has 28 heavy (non-hydrogen) atoms. The highest BCUT2D eigenvalue weighted by Crippen LogP contribution is 2.30. The number of amides is 1. The monoisotopic (exact) mass is 370 g/mol. The van der Waals surface area contributed by atoms with E-state index in [-0.39, 0.29) is 18.1 Å². The molecular weight excluding hydrogens is 348 g/mol. The van der Waals surface area contributed by atoms with Gasteiger partial charge in [0.25, 0.3) is 5.91 Å². The van der Waals surface area contributed by atoms with Crippen molar-refractivity contribution in [3.8, 4) is 11.1 Å². The fourth-order valence-corrected chi connectivity index (χ4v) is 3.74. The Hall–Kier alpha value is -3.47. The Morgan fingerprint density at radius 3 is 2.71 bits per heavy atom. The average Bonchev–Trinajstić information content (AvgIpc) is 3.21. The molecule has 0 N–H and O–H groups in total. The van der Waals surface area contributed by atoms with E-state index in [9.17, 15) is 4.79 Å². The van der Waals surface area contributed by atoms with Gasteiger partial charge in [0.05, 0.1) is 26.0 Å². The number of carbonyl (C=O) groups excluding carboxylic acids is 1. The van der Waals surface area contributed by atoms with Gasteiger partial charge < -0.3 is 4.90 Å². The second kappa shape index (κ2) is 6.30. The predicted octanol–water partition coefficient (Wildman–Crippen LogP) is 4.10. The lowest BCUT2D eigenvalue weighted by Crippen LogP contribution is -2.23. The third kappa shape index (κ3) is 2.67. The van der Waals surface area contributed by atoms with Gasteiger partial charge in [0.15, 0.2) is 0 Å². The second-order valence-corrected chi connectivity index (χ2v) is 7.07. The zero-order valence-electron chi connectivity index (χ0n) is 17.7. The molecule has 138 valence electrons. The van der Waals surface area contributed by atoms with Gasteiger partial charge in [-0.25, -0.2) is 0 Å². The number of pyridine rings is 1. The number of rotatable bonds is 3. The van der Waals surface area contributed by atoms with Crippen molar-refractivity contribution < 1.29 is 7.54 Å². The third-order valence-electron chi connectivity index (χ3n) is 5.20. The first-order chi connectivity index (χ1) is 14.4. The van der Waals surface area contributed by atoms with Gasteiger partial charge in [0, 0.05) is 31.4 Å². The molecular formula is C23H20N4O. The number of hydrogen-bond acceptors (Lipinski definition) is 3. The summed E-state index contributed by atoms with van der Waals surface area (Å²) in [7, 11) is 1.92. The summed E-state index contributed by atoms with van der Waals surface area (Å²) in [5.74, 6) is -0.329. The van der Waals surface area contributed by atoms with E-state index in [1.807, 2.05) is 48.3 Å². The van der Waals surface area contributed by atoms with Crippen molar-refractivity contribution >= 4 is 16.8 Å². The Bertz CT molecular complexity index is 1290. The second-order valence-electron chi connectivity index (χ2n) is 7.07. The van der Waals surface area contributed by atoms with Crippen LogP contribution < -0.4 is 0 Å². The van der Waals surface area contributed by atoms with Crippen LogP contribution in [0.5, 0.6) is 0 Å². The number of benzene rings is 2. The zero-order chi connectivity index (χ0) is 21.0. The summed E-state index contributed by atoms with van der Waals surface area (Å²) >= 11 is 0. The predicted molar refractivity (Wildman–Crippen MR) is 109 cm³/mol. The fourth-order valence-electron chi connectivity index (χ4n) is 3.74. The van der Waals surface area contributed by atoms with Gasteiger partial charge in [-0.3, -0.25) is 14.5 Å². The van der Waals surface area contributed by atoms with Gasteiger partial charge in [-0.1, -0.05) is 30.3 Å². The van der Waals surface area contributed by atoms with Gasteiger partial charge in [-0.2, -0.15) is 5.10 Å². The molecule has 0 unspecified atom stereocenters. The summed E-state index contributed by atoms with van der Waals surface area (Å²) < 4.78 is 18.6. The van der Waals surface area contributed by atoms with Crippen LogP contribution in [0.2, 0.25) is 0 Å². The van der Waals surface area contributed by atoms with E-state index in [0.29, 0.717) is 5.56 Å². The molecule has 0 fully saturated rings. The molecule has 1 amide bonds. The highest BCUT2D eigenvalue weighted by molar-refractivity contribution is 5.97. The number of carbonyl (C=O) groups is 1. The van der Waals surface area contributed by atoms with Crippen LogP contribution in [-0.4, -0.2) is 25.6 Å². The van der Waals surface area contributed by atoms with E-state index < -0.39 is 6.50 Å². The molecule has 0 saturated heterocycles. The SMILES string of the molecule is [2H]C1([2H])c2ncccc2C(=O)N1Cc1ccc(-c2ccc3nn(C)cc3c2C)cc1. The average molecular weight is 370 g/mol. The molecule has 0 saturated carbocycles. The first kappa shape index (κ1) is 14.6. The van der Waals surface area contributed by atoms with E-state index >= 15 is 0 Å². The van der Waals surface area contributed by atoms with Crippen LogP contribution in [0.1, 0.15) is 29.9 Å². The molecule has 2 aromatic heterocycles. The van der Waals surface area contributed by atoms with E-state index in [2.05, 4.69) is 23.1 Å². The Labute approximate surface area is 166 Å². The van der Waals surface area contributed by atoms with Crippen LogP contribution in [0.3, 0.4) is 0 Å². The molecule has 0 bridgehead atoms. The van der Waals surface area contributed by atoms with Crippen molar-refractivity contribution in [2.75, 3.05) is 0 Å². The minimum atomic E-state index is -1.92. The largest absolute Gasteiger partial charge is 0.328 e. The minimum Gasteiger partial charge on any atom is -0.328 e. The Morgan fingerprint density at radius 1 is 1.11 bits per heavy atom. The lowest BCUT2D eigenvalue weighted by molar-refractivity contribution is 0.0766. The fraction of sp³-hybridized carbons (Fsp3) is 0.174. The maximum atomic E-state index is 12.7. The van der Waals surface area contributed by atoms with E-state index in [0.717, 1.165) is 27.6 Å². The molecule has 5 nitrogen and oxygen atoms in total. The molecule has 1 aliphatic rings. The van der Waals surface area contributed by atoms with E-state index in [1.54, 1.807) is 12.1 Å². The van der Waals surface area contributed by atoms with Crippen molar-refractivity contribution in [1.82, 2.24) is 19.7 Å². The van der Waals surface area contributed by atoms with Crippen LogP contribution >= 0.6 is 0 Å². The Morgan fingerprint density at radius 2 is 1.93 bits per heavy atom. The smallest absolute Gasteiger partial charge is 0.256 e. The Kier molecular flexibility index (Phi) is 3.28. The van der Waals surface area contributed by atoms with Crippen molar-refractivity contribution in [2.45, 2.75) is 20.0 Å². The van der Waals surface area contributed by atoms with Gasteiger partial charge in [0.2, 0.25) is 0 Å². The molecule has 3 heterocycles. The molecule has 1 aliphatic heterocycles. The standard InChI is InChI=1S/C23H20N4O/c1-15-18(9-10-21-20(15)13-26(2)25-21)17-7-5-16(6-8-17)12-27-14-22-19(23(27)28)4-3-11-24-22/h3-11,13H,12,14H2,1-2H3/i14D2. The van der Waals surface area contributed by atoms with Crippen LogP contribution in [0.25, 0.3) is 22.0 Å². The number of fused-ring (bicyclic) bond motifs is 2. The quantitative estimate of drug-likeness (QED) is 0.546. The number of hydrogen-bond donors (Lipinski definition) is 0. The molecule has 4 aromatic rings. The van der Waals surface area contributed by atoms with Crippen molar-refractivity contribution in [3.05, 3.63) is 83.3 Å². The number of nitrogens with zero attached hydrogens (tertiary/aromatic N) is 4. The van der Waals surface area contributed by atoms with E-state index in [4.69, 9.17) is 2.74 Å². The van der Waals surface area contributed by atoms with E-state index in [1.165, 1.54) is 16.7 Å². The summed E-state index contributed by atoms with van der Waals surface area (Å²) in [6.07, 6.45) is 3.54. The van der Waals surface area contributed by atoms with Crippen LogP contribution in [0.15, 0.2) is 60.9 Å². The zero-order valence-corrected chi connectivity index (χ0v) is 15.7. The molecule has 2 aromatic carbocycles. The molecule has 0 spiro atoms. The number of aryl methyl sites for hydroxylation is 2. The molecule has 5 heteroatoms. The number of aromatic nitrogens is 3. The summed E-state index contributed by atoms with van der Waals surface area (Å²) in [6.45, 7) is 0.353. The first-order valence-corrected chi connectivity index (χ1v) is 9.16. The Balaban J connectivity index is 1.44. The molecule has 0 aliphatic carbocycles. The maximum absolute atomic E-state index is 12.7. The summed E-state index contributed by atoms with van der Waals surface area (Å²) in [5, 5.41) is 5.58. The highest BCUT2D eigenvalue weighted by Gasteiger charge is 2.27. The lowest BCUT2D eigenvalue weighted by Gasteiger charge is -2.16. The molecule has 0 atom stereocenters. The van der Waals surface area contributed by atoms with Crippen molar-refractivity contribution in [2.24, 2.45) is 7.05 Å². The van der Waals surface area contributed by atoms with Crippen molar-refractivity contribution in [1.29, 1.82) is 0 Å². The lowest BCUT2D eigenvalue weighted by atomic mass is 9.97. The van der Waals surface area contributed by atoms with Crippen LogP contribution in [0, 0.1) is 6.92 Å². The maximum Gasteiger partial charge on any atom is 0.256 e. The van der Waals surface area contributed by atoms with Crippen LogP contribution in [0.4, 0.5) is 0 Å². The summed E-state index contributed by atoms with van der Waals surface area (Å²) in [6, 6.07) is 15.3. The molecule has 5 rings (SSSR count). The van der Waals surface area contributed by atoms with Crippen molar-refractivity contribution in [3.63, 3.8) is 0 Å². The highest BCUT2D eigenvalue weighted by atomic mass is 16.2. The summed E-state index contributed by atoms with van der Waals surface area (Å²) in [5.41, 5.74) is 5.73. The van der Waals surface area contributed by atoms with Gasteiger partial charge in [-0.15, -0.1) is 0 Å². The van der Waals surface area contributed by atoms with Gasteiger partial charge in [-0.05, 0) is 47.4 Å². The minimum absolute atomic E-state index is 0.184.